The lowest BCUT2D eigenvalue weighted by Gasteiger charge is -2.35. The largest absolute Gasteiger partial charge is 0.352 e. The highest BCUT2D eigenvalue weighted by Crippen LogP contribution is 2.31. The summed E-state index contributed by atoms with van der Waals surface area (Å²) in [6.07, 6.45) is 4.61. The van der Waals surface area contributed by atoms with Crippen molar-refractivity contribution in [3.63, 3.8) is 0 Å². The molecule has 3 heterocycles. The lowest BCUT2D eigenvalue weighted by Crippen LogP contribution is -2.48. The molecule has 4 rings (SSSR count). The third-order valence-electron chi connectivity index (χ3n) is 5.80. The van der Waals surface area contributed by atoms with Gasteiger partial charge in [-0.15, -0.1) is 11.3 Å². The molecule has 1 fully saturated rings. The number of aryl methyl sites for hydroxylation is 2. The van der Waals surface area contributed by atoms with E-state index in [0.29, 0.717) is 19.0 Å². The van der Waals surface area contributed by atoms with Crippen molar-refractivity contribution in [2.75, 3.05) is 31.1 Å². The van der Waals surface area contributed by atoms with Gasteiger partial charge in [0.15, 0.2) is 0 Å². The Kier molecular flexibility index (Phi) is 6.37. The van der Waals surface area contributed by atoms with Gasteiger partial charge in [-0.1, -0.05) is 45.0 Å². The number of anilines is 1. The van der Waals surface area contributed by atoms with E-state index in [2.05, 4.69) is 61.0 Å². The molecule has 6 heteroatoms. The first-order valence-electron chi connectivity index (χ1n) is 11.0. The second-order valence-corrected chi connectivity index (χ2v) is 9.46. The molecular weight excluding hydrogens is 404 g/mol. The highest BCUT2D eigenvalue weighted by Gasteiger charge is 2.23. The fourth-order valence-electron chi connectivity index (χ4n) is 3.88. The zero-order valence-electron chi connectivity index (χ0n) is 18.8. The maximum absolute atomic E-state index is 12.7. The molecule has 1 amide bonds. The third kappa shape index (κ3) is 4.79. The Morgan fingerprint density at radius 1 is 1.13 bits per heavy atom. The van der Waals surface area contributed by atoms with Gasteiger partial charge in [0.05, 0.1) is 5.39 Å². The van der Waals surface area contributed by atoms with Crippen molar-refractivity contribution in [2.45, 2.75) is 40.0 Å². The van der Waals surface area contributed by atoms with Crippen LogP contribution >= 0.6 is 11.3 Å². The molecule has 0 atom stereocenters. The first-order chi connectivity index (χ1) is 14.9. The number of nitrogens with zero attached hydrogens (tertiary/aromatic N) is 4. The number of benzene rings is 1. The summed E-state index contributed by atoms with van der Waals surface area (Å²) in [6.45, 7) is 11.5. The summed E-state index contributed by atoms with van der Waals surface area (Å²) in [6, 6.07) is 10.6. The monoisotopic (exact) mass is 434 g/mol. The minimum absolute atomic E-state index is 0.0698. The van der Waals surface area contributed by atoms with Crippen LogP contribution in [0.1, 0.15) is 48.5 Å². The Bertz CT molecular complexity index is 1090. The van der Waals surface area contributed by atoms with Crippen molar-refractivity contribution in [3.05, 3.63) is 58.2 Å². The summed E-state index contributed by atoms with van der Waals surface area (Å²) < 4.78 is 0. The molecule has 3 aromatic rings. The average Bonchev–Trinajstić information content (AvgIpc) is 3.20. The van der Waals surface area contributed by atoms with Crippen molar-refractivity contribution in [1.29, 1.82) is 0 Å². The van der Waals surface area contributed by atoms with E-state index in [1.54, 1.807) is 17.4 Å². The van der Waals surface area contributed by atoms with Gasteiger partial charge in [-0.25, -0.2) is 9.97 Å². The van der Waals surface area contributed by atoms with Gasteiger partial charge >= 0.3 is 0 Å². The molecule has 2 aromatic heterocycles. The van der Waals surface area contributed by atoms with Gasteiger partial charge in [0.1, 0.15) is 16.5 Å². The normalized spacial score (nSPS) is 14.9. The number of fused-ring (bicyclic) bond motifs is 1. The number of piperazine rings is 1. The SMILES string of the molecule is CCc1cc2c(N3CCN(C(=O)/C=C/c4ccc(C(C)C)cc4)CC3)nc(C)nc2s1. The number of amides is 1. The molecule has 0 unspecified atom stereocenters. The van der Waals surface area contributed by atoms with Crippen LogP contribution in [0.25, 0.3) is 16.3 Å². The predicted octanol–water partition coefficient (Wildman–Crippen LogP) is 5.05. The van der Waals surface area contributed by atoms with Crippen molar-refractivity contribution < 1.29 is 4.79 Å². The Balaban J connectivity index is 1.41. The van der Waals surface area contributed by atoms with Gasteiger partial charge in [0, 0.05) is 37.1 Å². The summed E-state index contributed by atoms with van der Waals surface area (Å²) in [7, 11) is 0. The maximum atomic E-state index is 12.7. The minimum atomic E-state index is 0.0698. The van der Waals surface area contributed by atoms with Crippen LogP contribution in [0.2, 0.25) is 0 Å². The van der Waals surface area contributed by atoms with Crippen molar-refractivity contribution in [1.82, 2.24) is 14.9 Å². The molecule has 5 nitrogen and oxygen atoms in total. The van der Waals surface area contributed by atoms with Crippen LogP contribution in [0, 0.1) is 6.92 Å². The van der Waals surface area contributed by atoms with E-state index >= 15 is 0 Å². The van der Waals surface area contributed by atoms with Crippen molar-refractivity contribution in [2.24, 2.45) is 0 Å². The van der Waals surface area contributed by atoms with Gasteiger partial charge in [-0.3, -0.25) is 4.79 Å². The first kappa shape index (κ1) is 21.5. The van der Waals surface area contributed by atoms with E-state index in [-0.39, 0.29) is 5.91 Å². The summed E-state index contributed by atoms with van der Waals surface area (Å²) >= 11 is 1.75. The summed E-state index contributed by atoms with van der Waals surface area (Å²) in [5.41, 5.74) is 2.37. The van der Waals surface area contributed by atoms with Crippen molar-refractivity contribution >= 4 is 39.4 Å². The Morgan fingerprint density at radius 3 is 2.48 bits per heavy atom. The lowest BCUT2D eigenvalue weighted by molar-refractivity contribution is -0.126. The number of hydrogen-bond donors (Lipinski definition) is 0. The zero-order valence-corrected chi connectivity index (χ0v) is 19.6. The van der Waals surface area contributed by atoms with Gasteiger partial charge in [-0.05, 0) is 42.5 Å². The minimum Gasteiger partial charge on any atom is -0.352 e. The molecule has 162 valence electrons. The topological polar surface area (TPSA) is 49.3 Å². The van der Waals surface area contributed by atoms with Crippen LogP contribution in [0.15, 0.2) is 36.4 Å². The molecule has 1 aromatic carbocycles. The quantitative estimate of drug-likeness (QED) is 0.528. The highest BCUT2D eigenvalue weighted by molar-refractivity contribution is 7.18. The van der Waals surface area contributed by atoms with E-state index in [0.717, 1.165) is 46.9 Å². The van der Waals surface area contributed by atoms with Crippen molar-refractivity contribution in [3.8, 4) is 0 Å². The van der Waals surface area contributed by atoms with Gasteiger partial charge in [0.2, 0.25) is 5.91 Å². The molecule has 0 bridgehead atoms. The molecule has 0 aliphatic carbocycles. The van der Waals surface area contributed by atoms with E-state index < -0.39 is 0 Å². The summed E-state index contributed by atoms with van der Waals surface area (Å²) in [4.78, 5) is 28.7. The number of rotatable bonds is 5. The molecule has 0 N–H and O–H groups in total. The number of carbonyl (C=O) groups excluding carboxylic acids is 1. The second kappa shape index (κ2) is 9.18. The predicted molar refractivity (Wildman–Crippen MR) is 130 cm³/mol. The fraction of sp³-hybridized carbons (Fsp3) is 0.400. The number of aromatic nitrogens is 2. The molecule has 0 spiro atoms. The summed E-state index contributed by atoms with van der Waals surface area (Å²) in [5.74, 6) is 2.39. The van der Waals surface area contributed by atoms with E-state index in [9.17, 15) is 4.79 Å². The zero-order chi connectivity index (χ0) is 22.0. The molecule has 1 saturated heterocycles. The second-order valence-electron chi connectivity index (χ2n) is 8.35. The molecule has 31 heavy (non-hydrogen) atoms. The molecular formula is C25H30N4OS. The van der Waals surface area contributed by atoms with E-state index in [1.165, 1.54) is 10.4 Å². The smallest absolute Gasteiger partial charge is 0.246 e. The Labute approximate surface area is 188 Å². The van der Waals surface area contributed by atoms with Gasteiger partial charge < -0.3 is 9.80 Å². The molecule has 0 saturated carbocycles. The van der Waals surface area contributed by atoms with Crippen LogP contribution in [-0.4, -0.2) is 47.0 Å². The summed E-state index contributed by atoms with van der Waals surface area (Å²) in [5, 5.41) is 1.14. The van der Waals surface area contributed by atoms with Crippen LogP contribution in [0.5, 0.6) is 0 Å². The Morgan fingerprint density at radius 2 is 1.84 bits per heavy atom. The third-order valence-corrected chi connectivity index (χ3v) is 6.97. The van der Waals surface area contributed by atoms with Crippen LogP contribution in [0.4, 0.5) is 5.82 Å². The number of hydrogen-bond acceptors (Lipinski definition) is 5. The maximum Gasteiger partial charge on any atom is 0.246 e. The number of thiophene rings is 1. The molecule has 0 radical (unpaired) electrons. The lowest BCUT2D eigenvalue weighted by atomic mass is 10.0. The van der Waals surface area contributed by atoms with E-state index in [1.807, 2.05) is 17.9 Å². The molecule has 1 aliphatic heterocycles. The van der Waals surface area contributed by atoms with Crippen LogP contribution < -0.4 is 4.90 Å². The number of carbonyl (C=O) groups is 1. The first-order valence-corrected chi connectivity index (χ1v) is 11.8. The average molecular weight is 435 g/mol. The fourth-order valence-corrected chi connectivity index (χ4v) is 4.89. The van der Waals surface area contributed by atoms with Crippen LogP contribution in [-0.2, 0) is 11.2 Å². The van der Waals surface area contributed by atoms with Gasteiger partial charge in [0.25, 0.3) is 0 Å². The van der Waals surface area contributed by atoms with Crippen LogP contribution in [0.3, 0.4) is 0 Å². The van der Waals surface area contributed by atoms with Gasteiger partial charge in [-0.2, -0.15) is 0 Å². The standard InChI is InChI=1S/C25H30N4OS/c1-5-21-16-22-24(26-18(4)27-25(22)31-21)29-14-12-28(13-15-29)23(30)11-8-19-6-9-20(10-7-19)17(2)3/h6-11,16-17H,5,12-15H2,1-4H3/b11-8+. The highest BCUT2D eigenvalue weighted by atomic mass is 32.1. The Hall–Kier alpha value is -2.73. The molecule has 1 aliphatic rings. The van der Waals surface area contributed by atoms with E-state index in [4.69, 9.17) is 4.98 Å².